The van der Waals surface area contributed by atoms with Crippen LogP contribution < -0.4 is 9.47 Å². The van der Waals surface area contributed by atoms with Gasteiger partial charge in [0, 0.05) is 11.6 Å². The van der Waals surface area contributed by atoms with Crippen LogP contribution in [0.1, 0.15) is 18.1 Å². The second kappa shape index (κ2) is 8.14. The average Bonchev–Trinajstić information content (AvgIpc) is 2.66. The van der Waals surface area contributed by atoms with E-state index in [2.05, 4.69) is 0 Å². The number of carbonyl (C=O) groups is 1. The van der Waals surface area contributed by atoms with Crippen molar-refractivity contribution in [2.45, 2.75) is 25.8 Å². The van der Waals surface area contributed by atoms with Gasteiger partial charge in [-0.3, -0.25) is 0 Å². The van der Waals surface area contributed by atoms with Gasteiger partial charge in [0.2, 0.25) is 6.10 Å². The lowest BCUT2D eigenvalue weighted by Crippen LogP contribution is -2.40. The van der Waals surface area contributed by atoms with Crippen LogP contribution in [0.25, 0.3) is 6.08 Å². The van der Waals surface area contributed by atoms with Gasteiger partial charge < -0.3 is 14.2 Å². The van der Waals surface area contributed by atoms with E-state index in [9.17, 15) is 18.0 Å². The maximum absolute atomic E-state index is 13.4. The fourth-order valence-electron chi connectivity index (χ4n) is 2.69. The number of fused-ring (bicyclic) bond motifs is 1. The lowest BCUT2D eigenvalue weighted by atomic mass is 10.0. The third-order valence-corrected chi connectivity index (χ3v) is 4.21. The number of hydrogen-bond donors (Lipinski definition) is 0. The Morgan fingerprint density at radius 1 is 1.21 bits per heavy atom. The van der Waals surface area contributed by atoms with Crippen molar-refractivity contribution in [1.82, 2.24) is 0 Å². The number of halogens is 4. The predicted molar refractivity (Wildman–Crippen MR) is 97.3 cm³/mol. The Kier molecular flexibility index (Phi) is 5.84. The third kappa shape index (κ3) is 4.42. The van der Waals surface area contributed by atoms with E-state index in [1.54, 1.807) is 0 Å². The summed E-state index contributed by atoms with van der Waals surface area (Å²) in [5.74, 6) is -0.924. The van der Waals surface area contributed by atoms with Crippen molar-refractivity contribution < 1.29 is 32.2 Å². The minimum Gasteiger partial charge on any atom is -0.489 e. The number of benzene rings is 2. The summed E-state index contributed by atoms with van der Waals surface area (Å²) in [5.41, 5.74) is 0.477. The van der Waals surface area contributed by atoms with E-state index in [0.29, 0.717) is 5.75 Å². The molecule has 0 aliphatic carbocycles. The van der Waals surface area contributed by atoms with Crippen molar-refractivity contribution >= 4 is 23.6 Å². The molecule has 3 rings (SSSR count). The number of esters is 1. The molecule has 4 nitrogen and oxygen atoms in total. The highest BCUT2D eigenvalue weighted by Crippen LogP contribution is 2.43. The van der Waals surface area contributed by atoms with Gasteiger partial charge in [0.25, 0.3) is 0 Å². The van der Waals surface area contributed by atoms with Crippen LogP contribution in [-0.4, -0.2) is 24.9 Å². The molecule has 0 fully saturated rings. The summed E-state index contributed by atoms with van der Waals surface area (Å²) >= 11 is 6.12. The Balaban J connectivity index is 1.93. The topological polar surface area (TPSA) is 44.8 Å². The van der Waals surface area contributed by atoms with Crippen molar-refractivity contribution in [2.24, 2.45) is 0 Å². The third-order valence-electron chi connectivity index (χ3n) is 3.93. The summed E-state index contributed by atoms with van der Waals surface area (Å²) in [5, 5.41) is -0.0472. The molecule has 1 aliphatic rings. The van der Waals surface area contributed by atoms with Gasteiger partial charge in [-0.15, -0.1) is 0 Å². The minimum absolute atomic E-state index is 0.0472. The van der Waals surface area contributed by atoms with Gasteiger partial charge >= 0.3 is 12.1 Å². The minimum atomic E-state index is -4.80. The van der Waals surface area contributed by atoms with E-state index in [-0.39, 0.29) is 29.5 Å². The van der Waals surface area contributed by atoms with Gasteiger partial charge in [-0.25, -0.2) is 4.79 Å². The summed E-state index contributed by atoms with van der Waals surface area (Å²) in [4.78, 5) is 12.0. The van der Waals surface area contributed by atoms with Crippen LogP contribution in [0.3, 0.4) is 0 Å². The molecular formula is C20H16ClF3O4. The summed E-state index contributed by atoms with van der Waals surface area (Å²) in [6.07, 6.45) is -6.18. The Hall–Kier alpha value is -2.67. The summed E-state index contributed by atoms with van der Waals surface area (Å²) in [6.45, 7) is 1.69. The first kappa shape index (κ1) is 20.1. The van der Waals surface area contributed by atoms with Crippen molar-refractivity contribution in [3.63, 3.8) is 0 Å². The highest BCUT2D eigenvalue weighted by atomic mass is 35.5. The fourth-order valence-corrected chi connectivity index (χ4v) is 2.95. The Morgan fingerprint density at radius 3 is 2.57 bits per heavy atom. The molecule has 1 unspecified atom stereocenters. The molecule has 0 bridgehead atoms. The first-order valence-corrected chi connectivity index (χ1v) is 8.79. The largest absolute Gasteiger partial charge is 0.489 e. The highest BCUT2D eigenvalue weighted by molar-refractivity contribution is 6.32. The zero-order chi connectivity index (χ0) is 20.3. The van der Waals surface area contributed by atoms with Crippen molar-refractivity contribution in [1.29, 1.82) is 0 Å². The van der Waals surface area contributed by atoms with Gasteiger partial charge in [-0.05, 0) is 24.6 Å². The molecule has 0 saturated carbocycles. The summed E-state index contributed by atoms with van der Waals surface area (Å²) < 4.78 is 55.5. The molecule has 148 valence electrons. The van der Waals surface area contributed by atoms with E-state index in [1.165, 1.54) is 19.1 Å². The normalized spacial score (nSPS) is 15.9. The van der Waals surface area contributed by atoms with Gasteiger partial charge in [0.15, 0.2) is 0 Å². The number of carbonyl (C=O) groups excluding carboxylic acids is 1. The number of rotatable bonds is 5. The Labute approximate surface area is 164 Å². The van der Waals surface area contributed by atoms with Crippen molar-refractivity contribution in [2.75, 3.05) is 6.61 Å². The average molecular weight is 413 g/mol. The highest BCUT2D eigenvalue weighted by Gasteiger charge is 2.49. The summed E-state index contributed by atoms with van der Waals surface area (Å²) in [7, 11) is 0. The lowest BCUT2D eigenvalue weighted by Gasteiger charge is -2.28. The van der Waals surface area contributed by atoms with Gasteiger partial charge in [0.05, 0.1) is 17.2 Å². The number of hydrogen-bond acceptors (Lipinski definition) is 4. The molecule has 0 spiro atoms. The van der Waals surface area contributed by atoms with Crippen LogP contribution in [-0.2, 0) is 16.1 Å². The molecule has 8 heteroatoms. The standard InChI is InChI=1S/C20H16ClF3O4/c1-2-26-19(25)15-9-13-8-14(27-11-12-6-4-3-5-7-12)10-16(21)17(13)28-18(15)20(22,23)24/h3-10,18H,2,11H2,1H3. The Morgan fingerprint density at radius 2 is 1.93 bits per heavy atom. The predicted octanol–water partition coefficient (Wildman–Crippen LogP) is 5.19. The van der Waals surface area contributed by atoms with Gasteiger partial charge in [-0.1, -0.05) is 41.9 Å². The van der Waals surface area contributed by atoms with Crippen LogP contribution in [0.4, 0.5) is 13.2 Å². The molecule has 1 atom stereocenters. The second-order valence-corrected chi connectivity index (χ2v) is 6.36. The maximum atomic E-state index is 13.4. The summed E-state index contributed by atoms with van der Waals surface area (Å²) in [6, 6.07) is 12.2. The molecule has 0 aromatic heterocycles. The zero-order valence-corrected chi connectivity index (χ0v) is 15.5. The Bertz CT molecular complexity index is 894. The number of alkyl halides is 3. The van der Waals surface area contributed by atoms with E-state index < -0.39 is 23.8 Å². The van der Waals surface area contributed by atoms with Crippen LogP contribution in [0.15, 0.2) is 48.0 Å². The monoisotopic (exact) mass is 412 g/mol. The van der Waals surface area contributed by atoms with Crippen molar-refractivity contribution in [3.8, 4) is 11.5 Å². The van der Waals surface area contributed by atoms with E-state index in [0.717, 1.165) is 11.6 Å². The molecule has 0 saturated heterocycles. The van der Waals surface area contributed by atoms with E-state index >= 15 is 0 Å². The molecule has 1 heterocycles. The molecule has 28 heavy (non-hydrogen) atoms. The van der Waals surface area contributed by atoms with Crippen LogP contribution in [0.2, 0.25) is 5.02 Å². The molecule has 2 aromatic rings. The number of ether oxygens (including phenoxy) is 3. The van der Waals surface area contributed by atoms with Crippen LogP contribution in [0.5, 0.6) is 11.5 Å². The fraction of sp³-hybridized carbons (Fsp3) is 0.250. The van der Waals surface area contributed by atoms with E-state index in [4.69, 9.17) is 25.8 Å². The van der Waals surface area contributed by atoms with Crippen LogP contribution >= 0.6 is 11.6 Å². The first-order chi connectivity index (χ1) is 13.3. The second-order valence-electron chi connectivity index (χ2n) is 5.96. The molecule has 1 aliphatic heterocycles. The van der Waals surface area contributed by atoms with Gasteiger partial charge in [-0.2, -0.15) is 13.2 Å². The smallest absolute Gasteiger partial charge is 0.430 e. The zero-order valence-electron chi connectivity index (χ0n) is 14.8. The molecule has 0 amide bonds. The van der Waals surface area contributed by atoms with Gasteiger partial charge in [0.1, 0.15) is 18.1 Å². The SMILES string of the molecule is CCOC(=O)C1=Cc2cc(OCc3ccccc3)cc(Cl)c2OC1C(F)(F)F. The van der Waals surface area contributed by atoms with Crippen molar-refractivity contribution in [3.05, 3.63) is 64.2 Å². The van der Waals surface area contributed by atoms with Crippen LogP contribution in [0, 0.1) is 0 Å². The quantitative estimate of drug-likeness (QED) is 0.634. The molecule has 0 radical (unpaired) electrons. The van der Waals surface area contributed by atoms with E-state index in [1.807, 2.05) is 30.3 Å². The molecular weight excluding hydrogens is 397 g/mol. The maximum Gasteiger partial charge on any atom is 0.430 e. The first-order valence-electron chi connectivity index (χ1n) is 8.42. The lowest BCUT2D eigenvalue weighted by molar-refractivity contribution is -0.187. The molecule has 0 N–H and O–H groups in total. The molecule has 2 aromatic carbocycles.